The zero-order valence-corrected chi connectivity index (χ0v) is 14.9. The number of aryl methyl sites for hydroxylation is 1. The van der Waals surface area contributed by atoms with Crippen molar-refractivity contribution in [1.29, 1.82) is 0 Å². The molecule has 0 spiro atoms. The molecule has 1 aliphatic heterocycles. The quantitative estimate of drug-likeness (QED) is 0.552. The Morgan fingerprint density at radius 3 is 2.09 bits per heavy atom. The second-order valence-electron chi connectivity index (χ2n) is 6.89. The summed E-state index contributed by atoms with van der Waals surface area (Å²) in [7, 11) is 0. The molecule has 0 N–H and O–H groups in total. The summed E-state index contributed by atoms with van der Waals surface area (Å²) in [4.78, 5) is 27.4. The number of rotatable bonds is 1. The molecule has 118 valence electrons. The van der Waals surface area contributed by atoms with Crippen molar-refractivity contribution >= 4 is 33.4 Å². The Morgan fingerprint density at radius 2 is 1.61 bits per heavy atom. The summed E-state index contributed by atoms with van der Waals surface area (Å²) in [6.45, 7) is 6.14. The number of fused-ring (bicyclic) bond motifs is 5. The molecule has 2 bridgehead atoms. The smallest absolute Gasteiger partial charge is 0.238 e. The SMILES string of the molecule is CC(C)=C1C2C=CC1C1C(=O)N(c3ccc(C)c(Br)c3)C(=O)C21. The maximum absolute atomic E-state index is 13.0. The molecule has 4 rings (SSSR count). The minimum Gasteiger partial charge on any atom is -0.274 e. The molecular formula is C19H18BrNO2. The van der Waals surface area contributed by atoms with Crippen LogP contribution in [-0.4, -0.2) is 11.8 Å². The van der Waals surface area contributed by atoms with E-state index < -0.39 is 0 Å². The maximum atomic E-state index is 13.0. The summed E-state index contributed by atoms with van der Waals surface area (Å²) in [5, 5.41) is 0. The van der Waals surface area contributed by atoms with Crippen molar-refractivity contribution in [3.63, 3.8) is 0 Å². The minimum atomic E-state index is -0.220. The maximum Gasteiger partial charge on any atom is 0.238 e. The van der Waals surface area contributed by atoms with Gasteiger partial charge in [0.05, 0.1) is 17.5 Å². The number of hydrogen-bond acceptors (Lipinski definition) is 2. The normalized spacial score (nSPS) is 31.3. The highest BCUT2D eigenvalue weighted by Crippen LogP contribution is 2.57. The molecule has 1 saturated carbocycles. The third-order valence-corrected chi connectivity index (χ3v) is 6.26. The Bertz CT molecular complexity index is 770. The first kappa shape index (κ1) is 14.9. The van der Waals surface area contributed by atoms with Gasteiger partial charge in [-0.2, -0.15) is 0 Å². The van der Waals surface area contributed by atoms with Gasteiger partial charge in [-0.15, -0.1) is 0 Å². The van der Waals surface area contributed by atoms with Gasteiger partial charge in [-0.25, -0.2) is 4.90 Å². The number of carbonyl (C=O) groups is 2. The number of carbonyl (C=O) groups excluding carboxylic acids is 2. The van der Waals surface area contributed by atoms with Gasteiger partial charge in [0.15, 0.2) is 0 Å². The molecule has 2 fully saturated rings. The van der Waals surface area contributed by atoms with Gasteiger partial charge in [-0.05, 0) is 38.5 Å². The molecule has 1 heterocycles. The fraction of sp³-hybridized carbons (Fsp3) is 0.368. The van der Waals surface area contributed by atoms with E-state index in [-0.39, 0.29) is 35.5 Å². The van der Waals surface area contributed by atoms with E-state index >= 15 is 0 Å². The molecule has 1 aromatic carbocycles. The van der Waals surface area contributed by atoms with E-state index in [1.165, 1.54) is 16.0 Å². The van der Waals surface area contributed by atoms with Crippen LogP contribution in [0, 0.1) is 30.6 Å². The van der Waals surface area contributed by atoms with Gasteiger partial charge in [0.1, 0.15) is 0 Å². The average Bonchev–Trinajstić information content (AvgIpc) is 3.13. The van der Waals surface area contributed by atoms with Crippen molar-refractivity contribution in [3.8, 4) is 0 Å². The van der Waals surface area contributed by atoms with Crippen LogP contribution in [0.2, 0.25) is 0 Å². The van der Waals surface area contributed by atoms with Crippen molar-refractivity contribution in [2.45, 2.75) is 20.8 Å². The molecule has 2 aliphatic carbocycles. The number of anilines is 1. The number of allylic oxidation sites excluding steroid dienone is 4. The van der Waals surface area contributed by atoms with Gasteiger partial charge in [0.2, 0.25) is 11.8 Å². The van der Waals surface area contributed by atoms with Crippen LogP contribution in [0.5, 0.6) is 0 Å². The number of imide groups is 1. The Kier molecular flexibility index (Phi) is 3.17. The van der Waals surface area contributed by atoms with Crippen LogP contribution in [0.25, 0.3) is 0 Å². The van der Waals surface area contributed by atoms with E-state index in [2.05, 4.69) is 41.9 Å². The van der Waals surface area contributed by atoms with Gasteiger partial charge in [-0.1, -0.05) is 45.3 Å². The predicted molar refractivity (Wildman–Crippen MR) is 92.8 cm³/mol. The summed E-state index contributed by atoms with van der Waals surface area (Å²) in [5.74, 6) is -0.335. The van der Waals surface area contributed by atoms with E-state index in [0.29, 0.717) is 5.69 Å². The molecule has 3 aliphatic rings. The topological polar surface area (TPSA) is 37.4 Å². The fourth-order valence-electron chi connectivity index (χ4n) is 4.41. The van der Waals surface area contributed by atoms with Crippen LogP contribution in [0.4, 0.5) is 5.69 Å². The summed E-state index contributed by atoms with van der Waals surface area (Å²) in [6.07, 6.45) is 4.24. The Balaban J connectivity index is 1.77. The molecule has 1 saturated heterocycles. The third-order valence-electron chi connectivity index (χ3n) is 5.41. The standard InChI is InChI=1S/C19H18BrNO2/c1-9(2)15-12-6-7-13(15)17-16(12)18(22)21(19(17)23)11-5-4-10(3)14(20)8-11/h4-8,12-13,16-17H,1-3H3. The third kappa shape index (κ3) is 1.87. The summed E-state index contributed by atoms with van der Waals surface area (Å²) in [6, 6.07) is 5.65. The van der Waals surface area contributed by atoms with Crippen LogP contribution >= 0.6 is 15.9 Å². The van der Waals surface area contributed by atoms with E-state index in [1.807, 2.05) is 25.1 Å². The highest BCUT2D eigenvalue weighted by atomic mass is 79.9. The molecule has 4 heteroatoms. The number of halogens is 1. The lowest BCUT2D eigenvalue weighted by atomic mass is 9.85. The molecule has 3 nitrogen and oxygen atoms in total. The van der Waals surface area contributed by atoms with Crippen molar-refractivity contribution in [2.24, 2.45) is 23.7 Å². The Morgan fingerprint density at radius 1 is 1.04 bits per heavy atom. The molecule has 2 amide bonds. The molecule has 0 aromatic heterocycles. The zero-order chi connectivity index (χ0) is 16.5. The second kappa shape index (κ2) is 4.91. The number of hydrogen-bond donors (Lipinski definition) is 0. The first-order valence-corrected chi connectivity index (χ1v) is 8.70. The Labute approximate surface area is 144 Å². The first-order chi connectivity index (χ1) is 10.9. The monoisotopic (exact) mass is 371 g/mol. The molecule has 1 aromatic rings. The number of benzene rings is 1. The molecular weight excluding hydrogens is 354 g/mol. The van der Waals surface area contributed by atoms with Crippen LogP contribution in [0.3, 0.4) is 0 Å². The van der Waals surface area contributed by atoms with Crippen LogP contribution in [-0.2, 0) is 9.59 Å². The lowest BCUT2D eigenvalue weighted by Crippen LogP contribution is -2.33. The van der Waals surface area contributed by atoms with E-state index in [9.17, 15) is 9.59 Å². The van der Waals surface area contributed by atoms with E-state index in [0.717, 1.165) is 10.0 Å². The van der Waals surface area contributed by atoms with Crippen LogP contribution in [0.15, 0.2) is 46.0 Å². The highest BCUT2D eigenvalue weighted by molar-refractivity contribution is 9.10. The van der Waals surface area contributed by atoms with Crippen LogP contribution < -0.4 is 4.90 Å². The van der Waals surface area contributed by atoms with Crippen molar-refractivity contribution in [2.75, 3.05) is 4.90 Å². The van der Waals surface area contributed by atoms with Gasteiger partial charge in [0.25, 0.3) is 0 Å². The number of nitrogens with zero attached hydrogens (tertiary/aromatic N) is 1. The van der Waals surface area contributed by atoms with Gasteiger partial charge in [-0.3, -0.25) is 9.59 Å². The van der Waals surface area contributed by atoms with Crippen molar-refractivity contribution in [3.05, 3.63) is 51.5 Å². The van der Waals surface area contributed by atoms with Gasteiger partial charge < -0.3 is 0 Å². The van der Waals surface area contributed by atoms with Crippen molar-refractivity contribution < 1.29 is 9.59 Å². The summed E-state index contributed by atoms with van der Waals surface area (Å²) in [5.41, 5.74) is 4.28. The zero-order valence-electron chi connectivity index (χ0n) is 13.3. The average molecular weight is 372 g/mol. The largest absolute Gasteiger partial charge is 0.274 e. The molecule has 4 atom stereocenters. The van der Waals surface area contributed by atoms with E-state index in [4.69, 9.17) is 0 Å². The lowest BCUT2D eigenvalue weighted by Gasteiger charge is -2.19. The summed E-state index contributed by atoms with van der Waals surface area (Å²) < 4.78 is 0.916. The molecule has 0 radical (unpaired) electrons. The molecule has 4 unspecified atom stereocenters. The van der Waals surface area contributed by atoms with Crippen LogP contribution in [0.1, 0.15) is 19.4 Å². The first-order valence-electron chi connectivity index (χ1n) is 7.91. The predicted octanol–water partition coefficient (Wildman–Crippen LogP) is 4.02. The van der Waals surface area contributed by atoms with Gasteiger partial charge in [0, 0.05) is 16.3 Å². The highest BCUT2D eigenvalue weighted by Gasteiger charge is 2.61. The number of amides is 2. The second-order valence-corrected chi connectivity index (χ2v) is 7.74. The Hall–Kier alpha value is -1.68. The lowest BCUT2D eigenvalue weighted by molar-refractivity contribution is -0.122. The van der Waals surface area contributed by atoms with E-state index in [1.54, 1.807) is 0 Å². The fourth-order valence-corrected chi connectivity index (χ4v) is 4.77. The van der Waals surface area contributed by atoms with Crippen molar-refractivity contribution in [1.82, 2.24) is 0 Å². The molecule has 23 heavy (non-hydrogen) atoms. The minimum absolute atomic E-state index is 0.0497. The van der Waals surface area contributed by atoms with Gasteiger partial charge >= 0.3 is 0 Å². The summed E-state index contributed by atoms with van der Waals surface area (Å²) >= 11 is 3.49.